The second-order valence-electron chi connectivity index (χ2n) is 4.91. The van der Waals surface area contributed by atoms with Gasteiger partial charge in [0.05, 0.1) is 11.3 Å². The van der Waals surface area contributed by atoms with E-state index >= 15 is 0 Å². The fraction of sp³-hybridized carbons (Fsp3) is 0.176. The smallest absolute Gasteiger partial charge is 0.0632 e. The van der Waals surface area contributed by atoms with Crippen LogP contribution in [-0.2, 0) is 0 Å². The lowest BCUT2D eigenvalue weighted by Crippen LogP contribution is -2.30. The summed E-state index contributed by atoms with van der Waals surface area (Å²) in [4.78, 5) is 1.31. The van der Waals surface area contributed by atoms with Gasteiger partial charge in [-0.15, -0.1) is 11.8 Å². The van der Waals surface area contributed by atoms with E-state index < -0.39 is 0 Å². The molecule has 0 aromatic heterocycles. The molecule has 0 aliphatic carbocycles. The van der Waals surface area contributed by atoms with Crippen molar-refractivity contribution in [1.82, 2.24) is 0 Å². The summed E-state index contributed by atoms with van der Waals surface area (Å²) in [6, 6.07) is 19.4. The lowest BCUT2D eigenvalue weighted by Gasteiger charge is -2.35. The highest BCUT2D eigenvalue weighted by Crippen LogP contribution is 2.47. The standard InChI is InChI=1S/C17H17NS/c1-12(2)16-17(13-8-4-3-5-9-13)19-15-11-7-6-10-14(15)18-16/h3-11,16-18H,1H2,2H3. The lowest BCUT2D eigenvalue weighted by atomic mass is 9.99. The van der Waals surface area contributed by atoms with Gasteiger partial charge in [0.15, 0.2) is 0 Å². The van der Waals surface area contributed by atoms with Crippen LogP contribution in [0.1, 0.15) is 17.7 Å². The van der Waals surface area contributed by atoms with Crippen LogP contribution in [0.5, 0.6) is 0 Å². The summed E-state index contributed by atoms with van der Waals surface area (Å²) in [5, 5.41) is 4.01. The van der Waals surface area contributed by atoms with Gasteiger partial charge in [-0.25, -0.2) is 0 Å². The maximum atomic E-state index is 4.15. The summed E-state index contributed by atoms with van der Waals surface area (Å²) in [6.07, 6.45) is 0. The first-order valence-corrected chi connectivity index (χ1v) is 7.36. The van der Waals surface area contributed by atoms with E-state index in [1.807, 2.05) is 11.8 Å². The topological polar surface area (TPSA) is 12.0 Å². The highest BCUT2D eigenvalue weighted by molar-refractivity contribution is 7.99. The minimum Gasteiger partial charge on any atom is -0.376 e. The molecule has 1 aliphatic heterocycles. The molecule has 0 amide bonds. The highest BCUT2D eigenvalue weighted by atomic mass is 32.2. The quantitative estimate of drug-likeness (QED) is 0.777. The molecule has 96 valence electrons. The molecule has 2 heteroatoms. The average Bonchev–Trinajstić information content (AvgIpc) is 2.46. The minimum absolute atomic E-state index is 0.280. The van der Waals surface area contributed by atoms with Gasteiger partial charge >= 0.3 is 0 Å². The van der Waals surface area contributed by atoms with Crippen molar-refractivity contribution in [2.75, 3.05) is 5.32 Å². The third-order valence-electron chi connectivity index (χ3n) is 3.41. The molecular weight excluding hydrogens is 250 g/mol. The van der Waals surface area contributed by atoms with Gasteiger partial charge in [0.1, 0.15) is 0 Å². The fourth-order valence-corrected chi connectivity index (χ4v) is 3.84. The van der Waals surface area contributed by atoms with Crippen LogP contribution in [0.25, 0.3) is 0 Å². The maximum absolute atomic E-state index is 4.15. The molecule has 2 aromatic rings. The Bertz CT molecular complexity index is 591. The van der Waals surface area contributed by atoms with Gasteiger partial charge in [0.2, 0.25) is 0 Å². The van der Waals surface area contributed by atoms with Crippen LogP contribution in [0.2, 0.25) is 0 Å². The Morgan fingerprint density at radius 1 is 1.05 bits per heavy atom. The molecule has 0 radical (unpaired) electrons. The SMILES string of the molecule is C=C(C)C1Nc2ccccc2SC1c1ccccc1. The molecule has 3 rings (SSSR count). The first kappa shape index (κ1) is 12.4. The molecule has 0 bridgehead atoms. The van der Waals surface area contributed by atoms with Crippen LogP contribution >= 0.6 is 11.8 Å². The number of thioether (sulfide) groups is 1. The number of hydrogen-bond acceptors (Lipinski definition) is 2. The van der Waals surface area contributed by atoms with Gasteiger partial charge in [0, 0.05) is 10.6 Å². The van der Waals surface area contributed by atoms with Gasteiger partial charge in [-0.3, -0.25) is 0 Å². The van der Waals surface area contributed by atoms with Crippen LogP contribution < -0.4 is 5.32 Å². The predicted octanol–water partition coefficient (Wildman–Crippen LogP) is 4.89. The van der Waals surface area contributed by atoms with Crippen molar-refractivity contribution in [1.29, 1.82) is 0 Å². The van der Waals surface area contributed by atoms with Crippen LogP contribution in [-0.4, -0.2) is 6.04 Å². The van der Waals surface area contributed by atoms with Crippen molar-refractivity contribution in [2.24, 2.45) is 0 Å². The summed E-state index contributed by atoms with van der Waals surface area (Å²) in [6.45, 7) is 6.25. The molecular formula is C17H17NS. The fourth-order valence-electron chi connectivity index (χ4n) is 2.42. The van der Waals surface area contributed by atoms with E-state index in [4.69, 9.17) is 0 Å². The lowest BCUT2D eigenvalue weighted by molar-refractivity contribution is 0.784. The maximum Gasteiger partial charge on any atom is 0.0632 e. The van der Waals surface area contributed by atoms with E-state index in [0.717, 1.165) is 0 Å². The van der Waals surface area contributed by atoms with Crippen molar-refractivity contribution in [2.45, 2.75) is 23.1 Å². The second kappa shape index (κ2) is 5.14. The number of rotatable bonds is 2. The predicted molar refractivity (Wildman–Crippen MR) is 83.7 cm³/mol. The molecule has 0 fully saturated rings. The van der Waals surface area contributed by atoms with Crippen LogP contribution in [0.15, 0.2) is 71.6 Å². The molecule has 1 N–H and O–H groups in total. The number of para-hydroxylation sites is 1. The Hall–Kier alpha value is -1.67. The first-order chi connectivity index (χ1) is 9.25. The van der Waals surface area contributed by atoms with E-state index in [0.29, 0.717) is 5.25 Å². The van der Waals surface area contributed by atoms with Gasteiger partial charge in [-0.1, -0.05) is 54.6 Å². The summed E-state index contributed by atoms with van der Waals surface area (Å²) in [7, 11) is 0. The molecule has 1 nitrogen and oxygen atoms in total. The molecule has 2 atom stereocenters. The Labute approximate surface area is 118 Å². The first-order valence-electron chi connectivity index (χ1n) is 6.48. The number of fused-ring (bicyclic) bond motifs is 1. The van der Waals surface area contributed by atoms with E-state index in [2.05, 4.69) is 73.4 Å². The Balaban J connectivity index is 2.01. The van der Waals surface area contributed by atoms with Crippen molar-refractivity contribution >= 4 is 17.4 Å². The zero-order valence-electron chi connectivity index (χ0n) is 11.0. The van der Waals surface area contributed by atoms with Gasteiger partial charge in [0.25, 0.3) is 0 Å². The third kappa shape index (κ3) is 2.41. The summed E-state index contributed by atoms with van der Waals surface area (Å²) in [5.74, 6) is 0. The minimum atomic E-state index is 0.280. The number of nitrogens with one attached hydrogen (secondary N) is 1. The van der Waals surface area contributed by atoms with Crippen molar-refractivity contribution < 1.29 is 0 Å². The molecule has 0 spiro atoms. The zero-order valence-corrected chi connectivity index (χ0v) is 11.8. The number of hydrogen-bond donors (Lipinski definition) is 1. The molecule has 0 saturated carbocycles. The van der Waals surface area contributed by atoms with Gasteiger partial charge in [-0.2, -0.15) is 0 Å². The summed E-state index contributed by atoms with van der Waals surface area (Å²) in [5.41, 5.74) is 3.74. The van der Waals surface area contributed by atoms with Crippen molar-refractivity contribution in [3.63, 3.8) is 0 Å². The molecule has 0 saturated heterocycles. The number of anilines is 1. The van der Waals surface area contributed by atoms with Crippen molar-refractivity contribution in [3.8, 4) is 0 Å². The van der Waals surface area contributed by atoms with Crippen LogP contribution in [0, 0.1) is 0 Å². The molecule has 1 heterocycles. The molecule has 19 heavy (non-hydrogen) atoms. The average molecular weight is 267 g/mol. The van der Waals surface area contributed by atoms with E-state index in [1.54, 1.807) is 0 Å². The largest absolute Gasteiger partial charge is 0.376 e. The van der Waals surface area contributed by atoms with E-state index in [-0.39, 0.29) is 6.04 Å². The van der Waals surface area contributed by atoms with E-state index in [1.165, 1.54) is 21.7 Å². The van der Waals surface area contributed by atoms with Crippen molar-refractivity contribution in [3.05, 3.63) is 72.3 Å². The Morgan fingerprint density at radius 2 is 1.74 bits per heavy atom. The van der Waals surface area contributed by atoms with E-state index in [9.17, 15) is 0 Å². The Morgan fingerprint density at radius 3 is 2.47 bits per heavy atom. The zero-order chi connectivity index (χ0) is 13.2. The highest BCUT2D eigenvalue weighted by Gasteiger charge is 2.30. The van der Waals surface area contributed by atoms with Gasteiger partial charge < -0.3 is 5.32 Å². The molecule has 2 aromatic carbocycles. The summed E-state index contributed by atoms with van der Waals surface area (Å²) < 4.78 is 0. The number of benzene rings is 2. The third-order valence-corrected chi connectivity index (χ3v) is 4.82. The molecule has 2 unspecified atom stereocenters. The second-order valence-corrected chi connectivity index (χ2v) is 6.10. The molecule has 1 aliphatic rings. The normalized spacial score (nSPS) is 21.3. The summed E-state index contributed by atoms with van der Waals surface area (Å²) >= 11 is 1.92. The van der Waals surface area contributed by atoms with Crippen LogP contribution in [0.3, 0.4) is 0 Å². The van der Waals surface area contributed by atoms with Gasteiger partial charge in [-0.05, 0) is 24.6 Å². The monoisotopic (exact) mass is 267 g/mol. The Kier molecular flexibility index (Phi) is 3.34. The van der Waals surface area contributed by atoms with Crippen LogP contribution in [0.4, 0.5) is 5.69 Å².